The topological polar surface area (TPSA) is 92.2 Å². The third-order valence-corrected chi connectivity index (χ3v) is 4.04. The lowest BCUT2D eigenvalue weighted by Crippen LogP contribution is -2.47. The van der Waals surface area contributed by atoms with Crippen LogP contribution in [0.3, 0.4) is 0 Å². The number of rotatable bonds is 7. The summed E-state index contributed by atoms with van der Waals surface area (Å²) >= 11 is 0. The molecule has 0 saturated carbocycles. The molecule has 23 heavy (non-hydrogen) atoms. The quantitative estimate of drug-likeness (QED) is 0.752. The molecule has 1 aliphatic heterocycles. The Balaban J connectivity index is 1.41. The van der Waals surface area contributed by atoms with E-state index in [1.165, 1.54) is 0 Å². The fourth-order valence-electron chi connectivity index (χ4n) is 2.96. The maximum atomic E-state index is 10.1. The summed E-state index contributed by atoms with van der Waals surface area (Å²) in [7, 11) is 0. The van der Waals surface area contributed by atoms with E-state index in [-0.39, 0.29) is 0 Å². The average Bonchev–Trinajstić information content (AvgIpc) is 3.18. The molecule has 0 spiro atoms. The minimum Gasteiger partial charge on any atom is -0.390 e. The van der Waals surface area contributed by atoms with Gasteiger partial charge in [-0.25, -0.2) is 0 Å². The van der Waals surface area contributed by atoms with Gasteiger partial charge in [0.15, 0.2) is 5.82 Å². The molecule has 3 rings (SSSR count). The Hall–Kier alpha value is -1.77. The molecule has 8 nitrogen and oxygen atoms in total. The summed E-state index contributed by atoms with van der Waals surface area (Å²) in [6, 6.07) is 2.24. The molecule has 2 aromatic heterocycles. The molecule has 0 unspecified atom stereocenters. The van der Waals surface area contributed by atoms with Crippen LogP contribution >= 0.6 is 0 Å². The highest BCUT2D eigenvalue weighted by atomic mass is 16.5. The van der Waals surface area contributed by atoms with Crippen molar-refractivity contribution in [1.29, 1.82) is 0 Å². The highest BCUT2D eigenvalue weighted by Crippen LogP contribution is 2.12. The molecule has 0 bridgehead atoms. The first-order valence-corrected chi connectivity index (χ1v) is 8.09. The normalized spacial score (nSPS) is 20.7. The molecule has 1 saturated heterocycles. The second-order valence-corrected chi connectivity index (χ2v) is 6.09. The van der Waals surface area contributed by atoms with Gasteiger partial charge in [0.05, 0.1) is 19.2 Å². The SMILES string of the molecule is Cc1nc(CN2CCC[C@H](NC[C@H](O)Cn3cccn3)C2)no1. The van der Waals surface area contributed by atoms with Crippen LogP contribution in [-0.4, -0.2) is 61.7 Å². The van der Waals surface area contributed by atoms with Crippen molar-refractivity contribution in [2.45, 2.75) is 45.0 Å². The van der Waals surface area contributed by atoms with Crippen molar-refractivity contribution in [2.75, 3.05) is 19.6 Å². The molecule has 0 aromatic carbocycles. The molecule has 0 amide bonds. The number of aliphatic hydroxyl groups is 1. The molecule has 1 aliphatic rings. The molecule has 2 atom stereocenters. The molecular formula is C15H24N6O2. The number of aliphatic hydroxyl groups excluding tert-OH is 1. The summed E-state index contributed by atoms with van der Waals surface area (Å²) in [5.41, 5.74) is 0. The highest BCUT2D eigenvalue weighted by Gasteiger charge is 2.21. The molecule has 3 heterocycles. The number of likely N-dealkylation sites (tertiary alicyclic amines) is 1. The summed E-state index contributed by atoms with van der Waals surface area (Å²) in [5.74, 6) is 1.34. The van der Waals surface area contributed by atoms with Gasteiger partial charge in [-0.2, -0.15) is 10.1 Å². The Morgan fingerprint density at radius 2 is 2.43 bits per heavy atom. The predicted molar refractivity (Wildman–Crippen MR) is 83.6 cm³/mol. The van der Waals surface area contributed by atoms with E-state index in [1.807, 2.05) is 12.3 Å². The van der Waals surface area contributed by atoms with Gasteiger partial charge < -0.3 is 14.9 Å². The number of hydrogen-bond donors (Lipinski definition) is 2. The highest BCUT2D eigenvalue weighted by molar-refractivity contribution is 4.87. The van der Waals surface area contributed by atoms with Crippen molar-refractivity contribution < 1.29 is 9.63 Å². The van der Waals surface area contributed by atoms with E-state index in [2.05, 4.69) is 25.5 Å². The second kappa shape index (κ2) is 7.67. The summed E-state index contributed by atoms with van der Waals surface area (Å²) in [4.78, 5) is 6.58. The van der Waals surface area contributed by atoms with E-state index in [0.29, 0.717) is 31.6 Å². The van der Waals surface area contributed by atoms with Crippen molar-refractivity contribution in [1.82, 2.24) is 30.1 Å². The van der Waals surface area contributed by atoms with Crippen molar-refractivity contribution in [3.05, 3.63) is 30.2 Å². The summed E-state index contributed by atoms with van der Waals surface area (Å²) in [5, 5.41) is 21.6. The number of aromatic nitrogens is 4. The monoisotopic (exact) mass is 320 g/mol. The van der Waals surface area contributed by atoms with Gasteiger partial charge in [0, 0.05) is 38.4 Å². The number of piperidine rings is 1. The zero-order valence-corrected chi connectivity index (χ0v) is 13.4. The maximum Gasteiger partial charge on any atom is 0.223 e. The Labute approximate surface area is 135 Å². The molecule has 2 N–H and O–H groups in total. The fraction of sp³-hybridized carbons (Fsp3) is 0.667. The maximum absolute atomic E-state index is 10.1. The van der Waals surface area contributed by atoms with Crippen LogP contribution in [0.1, 0.15) is 24.6 Å². The van der Waals surface area contributed by atoms with E-state index in [0.717, 1.165) is 31.8 Å². The third-order valence-electron chi connectivity index (χ3n) is 4.04. The van der Waals surface area contributed by atoms with Crippen molar-refractivity contribution in [3.8, 4) is 0 Å². The van der Waals surface area contributed by atoms with Crippen LogP contribution in [0, 0.1) is 6.92 Å². The van der Waals surface area contributed by atoms with E-state index >= 15 is 0 Å². The zero-order chi connectivity index (χ0) is 16.1. The lowest BCUT2D eigenvalue weighted by molar-refractivity contribution is 0.126. The number of nitrogens with one attached hydrogen (secondary N) is 1. The smallest absolute Gasteiger partial charge is 0.223 e. The van der Waals surface area contributed by atoms with Gasteiger partial charge in [-0.05, 0) is 25.5 Å². The first-order chi connectivity index (χ1) is 11.2. The predicted octanol–water partition coefficient (Wildman–Crippen LogP) is 0.190. The molecule has 0 radical (unpaired) electrons. The van der Waals surface area contributed by atoms with Crippen molar-refractivity contribution in [2.24, 2.45) is 0 Å². The van der Waals surface area contributed by atoms with Gasteiger partial charge in [0.25, 0.3) is 0 Å². The first-order valence-electron chi connectivity index (χ1n) is 8.09. The van der Waals surface area contributed by atoms with Gasteiger partial charge >= 0.3 is 0 Å². The molecule has 2 aromatic rings. The van der Waals surface area contributed by atoms with Gasteiger partial charge in [0.1, 0.15) is 0 Å². The second-order valence-electron chi connectivity index (χ2n) is 6.09. The number of aryl methyl sites for hydroxylation is 1. The minimum atomic E-state index is -0.440. The van der Waals surface area contributed by atoms with Crippen LogP contribution in [0.25, 0.3) is 0 Å². The van der Waals surface area contributed by atoms with Crippen LogP contribution < -0.4 is 5.32 Å². The van der Waals surface area contributed by atoms with Crippen molar-refractivity contribution >= 4 is 0 Å². The van der Waals surface area contributed by atoms with Gasteiger partial charge in [-0.3, -0.25) is 9.58 Å². The third kappa shape index (κ3) is 4.85. The van der Waals surface area contributed by atoms with Crippen LogP contribution in [-0.2, 0) is 13.1 Å². The summed E-state index contributed by atoms with van der Waals surface area (Å²) in [6.45, 7) is 5.57. The lowest BCUT2D eigenvalue weighted by atomic mass is 10.1. The number of hydrogen-bond acceptors (Lipinski definition) is 7. The Morgan fingerprint density at radius 1 is 1.52 bits per heavy atom. The number of nitrogens with zero attached hydrogens (tertiary/aromatic N) is 5. The summed E-state index contributed by atoms with van der Waals surface area (Å²) in [6.07, 6.45) is 5.39. The minimum absolute atomic E-state index is 0.379. The lowest BCUT2D eigenvalue weighted by Gasteiger charge is -2.32. The van der Waals surface area contributed by atoms with Crippen LogP contribution in [0.4, 0.5) is 0 Å². The standard InChI is InChI=1S/C15H24N6O2/c1-12-18-15(19-23-12)11-20-6-2-4-13(9-20)16-8-14(22)10-21-7-3-5-17-21/h3,5,7,13-14,16,22H,2,4,6,8-11H2,1H3/t13-,14-/m0/s1. The zero-order valence-electron chi connectivity index (χ0n) is 13.4. The molecule has 126 valence electrons. The average molecular weight is 320 g/mol. The fourth-order valence-corrected chi connectivity index (χ4v) is 2.96. The largest absolute Gasteiger partial charge is 0.390 e. The van der Waals surface area contributed by atoms with Gasteiger partial charge in [0.2, 0.25) is 5.89 Å². The molecule has 1 fully saturated rings. The van der Waals surface area contributed by atoms with Gasteiger partial charge in [-0.15, -0.1) is 0 Å². The van der Waals surface area contributed by atoms with E-state index in [1.54, 1.807) is 17.8 Å². The molecule has 8 heteroatoms. The molecular weight excluding hydrogens is 296 g/mol. The van der Waals surface area contributed by atoms with Crippen LogP contribution in [0.5, 0.6) is 0 Å². The van der Waals surface area contributed by atoms with E-state index in [4.69, 9.17) is 4.52 Å². The summed E-state index contributed by atoms with van der Waals surface area (Å²) < 4.78 is 6.77. The molecule has 0 aliphatic carbocycles. The Bertz CT molecular complexity index is 585. The van der Waals surface area contributed by atoms with Gasteiger partial charge in [-0.1, -0.05) is 5.16 Å². The Kier molecular flexibility index (Phi) is 5.37. The van der Waals surface area contributed by atoms with Crippen molar-refractivity contribution in [3.63, 3.8) is 0 Å². The van der Waals surface area contributed by atoms with E-state index in [9.17, 15) is 5.11 Å². The first kappa shape index (κ1) is 16.1. The van der Waals surface area contributed by atoms with E-state index < -0.39 is 6.10 Å². The van der Waals surface area contributed by atoms with Crippen LogP contribution in [0.2, 0.25) is 0 Å². The Morgan fingerprint density at radius 3 is 3.17 bits per heavy atom. The van der Waals surface area contributed by atoms with Crippen LogP contribution in [0.15, 0.2) is 23.0 Å².